The Labute approximate surface area is 145 Å². The lowest BCUT2D eigenvalue weighted by Gasteiger charge is -2.08. The topological polar surface area (TPSA) is 64.7 Å². The van der Waals surface area contributed by atoms with E-state index in [0.29, 0.717) is 29.6 Å². The molecule has 0 spiro atoms. The normalized spacial score (nSPS) is 11.0. The van der Waals surface area contributed by atoms with Gasteiger partial charge in [0, 0.05) is 19.5 Å². The van der Waals surface area contributed by atoms with Gasteiger partial charge in [0.05, 0.1) is 39.9 Å². The Balaban J connectivity index is 1.69. The summed E-state index contributed by atoms with van der Waals surface area (Å²) >= 11 is 12.0. The number of hydrogen-bond acceptors (Lipinski definition) is 3. The molecule has 2 aromatic heterocycles. The van der Waals surface area contributed by atoms with Gasteiger partial charge in [-0.15, -0.1) is 0 Å². The monoisotopic (exact) mass is 357 g/mol. The molecule has 0 unspecified atom stereocenters. The molecule has 0 aromatic carbocycles. The predicted octanol–water partition coefficient (Wildman–Crippen LogP) is 2.91. The highest BCUT2D eigenvalue weighted by molar-refractivity contribution is 6.31. The molecule has 2 heterocycles. The van der Waals surface area contributed by atoms with E-state index in [9.17, 15) is 4.79 Å². The molecule has 0 saturated heterocycles. The van der Waals surface area contributed by atoms with Crippen molar-refractivity contribution in [2.75, 3.05) is 6.54 Å². The summed E-state index contributed by atoms with van der Waals surface area (Å²) in [5, 5.41) is 12.7. The Hall–Kier alpha value is -1.53. The molecule has 8 heteroatoms. The van der Waals surface area contributed by atoms with Crippen molar-refractivity contribution in [3.8, 4) is 0 Å². The van der Waals surface area contributed by atoms with Crippen molar-refractivity contribution in [1.29, 1.82) is 0 Å². The van der Waals surface area contributed by atoms with Crippen molar-refractivity contribution < 1.29 is 4.79 Å². The van der Waals surface area contributed by atoms with Gasteiger partial charge in [0.1, 0.15) is 0 Å². The number of halogens is 2. The SMILES string of the molecule is Cc1nn(CCCNC(=O)CCn2ncc(Cl)c2C)c(C)c1Cl. The van der Waals surface area contributed by atoms with Gasteiger partial charge in [-0.05, 0) is 27.2 Å². The maximum Gasteiger partial charge on any atom is 0.221 e. The van der Waals surface area contributed by atoms with Crippen LogP contribution < -0.4 is 5.32 Å². The van der Waals surface area contributed by atoms with Gasteiger partial charge in [0.25, 0.3) is 0 Å². The van der Waals surface area contributed by atoms with Crippen LogP contribution in [0.4, 0.5) is 0 Å². The molecule has 23 heavy (non-hydrogen) atoms. The molecule has 0 fully saturated rings. The third kappa shape index (κ3) is 4.48. The summed E-state index contributed by atoms with van der Waals surface area (Å²) in [6.45, 7) is 7.57. The Morgan fingerprint density at radius 1 is 1.17 bits per heavy atom. The van der Waals surface area contributed by atoms with Crippen LogP contribution >= 0.6 is 23.2 Å². The molecule has 1 amide bonds. The molecular formula is C15H21Cl2N5O. The minimum absolute atomic E-state index is 0.00224. The third-order valence-corrected chi connectivity index (χ3v) is 4.67. The summed E-state index contributed by atoms with van der Waals surface area (Å²) in [6.07, 6.45) is 2.77. The van der Waals surface area contributed by atoms with Crippen molar-refractivity contribution >= 4 is 29.1 Å². The fourth-order valence-corrected chi connectivity index (χ4v) is 2.57. The molecule has 1 N–H and O–H groups in total. The van der Waals surface area contributed by atoms with Crippen LogP contribution in [0, 0.1) is 20.8 Å². The lowest BCUT2D eigenvalue weighted by atomic mass is 10.3. The van der Waals surface area contributed by atoms with Crippen LogP contribution in [-0.4, -0.2) is 32.0 Å². The minimum Gasteiger partial charge on any atom is -0.356 e. The first-order valence-electron chi connectivity index (χ1n) is 7.54. The average Bonchev–Trinajstić information content (AvgIpc) is 2.97. The van der Waals surface area contributed by atoms with E-state index in [1.165, 1.54) is 0 Å². The first-order valence-corrected chi connectivity index (χ1v) is 8.30. The van der Waals surface area contributed by atoms with Crippen LogP contribution in [0.25, 0.3) is 0 Å². The van der Waals surface area contributed by atoms with Crippen LogP contribution in [-0.2, 0) is 17.9 Å². The smallest absolute Gasteiger partial charge is 0.221 e. The number of rotatable bonds is 7. The van der Waals surface area contributed by atoms with Crippen molar-refractivity contribution in [2.45, 2.75) is 46.7 Å². The third-order valence-electron chi connectivity index (χ3n) is 3.76. The number of nitrogens with zero attached hydrogens (tertiary/aromatic N) is 4. The molecular weight excluding hydrogens is 337 g/mol. The standard InChI is InChI=1S/C15H21Cl2N5O/c1-10-15(17)12(3)22(20-10)7-4-6-18-14(23)5-8-21-11(2)13(16)9-19-21/h9H,4-8H2,1-3H3,(H,18,23). The number of nitrogens with one attached hydrogen (secondary N) is 1. The Bertz CT molecular complexity index is 692. The second-order valence-corrected chi connectivity index (χ2v) is 6.25. The number of amides is 1. The van der Waals surface area contributed by atoms with Crippen LogP contribution in [0.15, 0.2) is 6.20 Å². The van der Waals surface area contributed by atoms with Gasteiger partial charge in [-0.2, -0.15) is 10.2 Å². The first kappa shape index (κ1) is 17.8. The van der Waals surface area contributed by atoms with E-state index in [2.05, 4.69) is 15.5 Å². The van der Waals surface area contributed by atoms with Crippen LogP contribution in [0.1, 0.15) is 29.9 Å². The molecule has 0 aliphatic heterocycles. The molecule has 2 aromatic rings. The number of carbonyl (C=O) groups excluding carboxylic acids is 1. The number of hydrogen-bond donors (Lipinski definition) is 1. The summed E-state index contributed by atoms with van der Waals surface area (Å²) in [7, 11) is 0. The zero-order chi connectivity index (χ0) is 17.0. The lowest BCUT2D eigenvalue weighted by Crippen LogP contribution is -2.26. The van der Waals surface area contributed by atoms with E-state index in [0.717, 1.165) is 30.0 Å². The zero-order valence-electron chi connectivity index (χ0n) is 13.6. The molecule has 0 aliphatic carbocycles. The fourth-order valence-electron chi connectivity index (χ4n) is 2.29. The second-order valence-electron chi connectivity index (χ2n) is 5.46. The van der Waals surface area contributed by atoms with Gasteiger partial charge in [0.2, 0.25) is 5.91 Å². The van der Waals surface area contributed by atoms with Crippen LogP contribution in [0.5, 0.6) is 0 Å². The molecule has 6 nitrogen and oxygen atoms in total. The van der Waals surface area contributed by atoms with E-state index in [1.807, 2.05) is 25.5 Å². The van der Waals surface area contributed by atoms with E-state index in [1.54, 1.807) is 10.9 Å². The largest absolute Gasteiger partial charge is 0.356 e. The van der Waals surface area contributed by atoms with E-state index in [4.69, 9.17) is 23.2 Å². The molecule has 0 saturated carbocycles. The summed E-state index contributed by atoms with van der Waals surface area (Å²) in [5.41, 5.74) is 2.67. The van der Waals surface area contributed by atoms with Gasteiger partial charge in [0.15, 0.2) is 0 Å². The zero-order valence-corrected chi connectivity index (χ0v) is 15.1. The van der Waals surface area contributed by atoms with Crippen LogP contribution in [0.2, 0.25) is 10.0 Å². The van der Waals surface area contributed by atoms with Crippen molar-refractivity contribution in [3.63, 3.8) is 0 Å². The van der Waals surface area contributed by atoms with E-state index < -0.39 is 0 Å². The lowest BCUT2D eigenvalue weighted by molar-refractivity contribution is -0.121. The highest BCUT2D eigenvalue weighted by Gasteiger charge is 2.09. The molecule has 0 radical (unpaired) electrons. The summed E-state index contributed by atoms with van der Waals surface area (Å²) in [6, 6.07) is 0. The maximum absolute atomic E-state index is 11.8. The second kappa shape index (κ2) is 7.84. The summed E-state index contributed by atoms with van der Waals surface area (Å²) in [4.78, 5) is 11.8. The van der Waals surface area contributed by atoms with E-state index in [-0.39, 0.29) is 5.91 Å². The quantitative estimate of drug-likeness (QED) is 0.774. The Morgan fingerprint density at radius 2 is 1.91 bits per heavy atom. The maximum atomic E-state index is 11.8. The number of aryl methyl sites for hydroxylation is 3. The number of carbonyl (C=O) groups is 1. The molecule has 126 valence electrons. The predicted molar refractivity (Wildman–Crippen MR) is 90.9 cm³/mol. The van der Waals surface area contributed by atoms with Gasteiger partial charge in [-0.25, -0.2) is 0 Å². The molecule has 2 rings (SSSR count). The van der Waals surface area contributed by atoms with Gasteiger partial charge in [-0.3, -0.25) is 14.2 Å². The molecule has 0 aliphatic rings. The molecule has 0 bridgehead atoms. The van der Waals surface area contributed by atoms with E-state index >= 15 is 0 Å². The molecule has 0 atom stereocenters. The van der Waals surface area contributed by atoms with Gasteiger partial charge < -0.3 is 5.32 Å². The number of aromatic nitrogens is 4. The first-order chi connectivity index (χ1) is 10.9. The van der Waals surface area contributed by atoms with Crippen molar-refractivity contribution in [2.24, 2.45) is 0 Å². The highest BCUT2D eigenvalue weighted by atomic mass is 35.5. The van der Waals surface area contributed by atoms with Gasteiger partial charge in [-0.1, -0.05) is 23.2 Å². The van der Waals surface area contributed by atoms with Crippen LogP contribution in [0.3, 0.4) is 0 Å². The van der Waals surface area contributed by atoms with Crippen molar-refractivity contribution in [3.05, 3.63) is 33.3 Å². The minimum atomic E-state index is 0.00224. The van der Waals surface area contributed by atoms with Gasteiger partial charge >= 0.3 is 0 Å². The van der Waals surface area contributed by atoms with Crippen molar-refractivity contribution in [1.82, 2.24) is 24.9 Å². The fraction of sp³-hybridized carbons (Fsp3) is 0.533. The summed E-state index contributed by atoms with van der Waals surface area (Å²) < 4.78 is 3.61. The Morgan fingerprint density at radius 3 is 2.48 bits per heavy atom. The average molecular weight is 358 g/mol. The Kier molecular flexibility index (Phi) is 6.07. The summed E-state index contributed by atoms with van der Waals surface area (Å²) in [5.74, 6) is 0.00224. The highest BCUT2D eigenvalue weighted by Crippen LogP contribution is 2.18.